The lowest BCUT2D eigenvalue weighted by molar-refractivity contribution is 1.12. The van der Waals surface area contributed by atoms with Crippen LogP contribution in [0.5, 0.6) is 0 Å². The Balaban J connectivity index is 3.49. The molecule has 0 rings (SSSR count). The van der Waals surface area contributed by atoms with Gasteiger partial charge in [-0.15, -0.1) is 11.8 Å². The van der Waals surface area contributed by atoms with Crippen LogP contribution in [0.4, 0.5) is 0 Å². The second-order valence-corrected chi connectivity index (χ2v) is 2.31. The van der Waals surface area contributed by atoms with Gasteiger partial charge >= 0.3 is 0 Å². The van der Waals surface area contributed by atoms with Crippen molar-refractivity contribution in [2.45, 2.75) is 20.3 Å². The number of nitrogens with zero attached hydrogens (tertiary/aromatic N) is 1. The minimum atomic E-state index is 0.921. The summed E-state index contributed by atoms with van der Waals surface area (Å²) in [6, 6.07) is 0. The van der Waals surface area contributed by atoms with Crippen LogP contribution in [0.25, 0.3) is 0 Å². The Labute approximate surface area is 55.6 Å². The Morgan fingerprint density at radius 1 is 1.50 bits per heavy atom. The van der Waals surface area contributed by atoms with Crippen molar-refractivity contribution in [3.05, 3.63) is 0 Å². The molecule has 0 aromatic rings. The summed E-state index contributed by atoms with van der Waals surface area (Å²) in [4.78, 5) is 4.24. The molecule has 0 atom stereocenters. The summed E-state index contributed by atoms with van der Waals surface area (Å²) < 4.78 is 0. The van der Waals surface area contributed by atoms with E-state index in [1.165, 1.54) is 5.04 Å². The monoisotopic (exact) mass is 131 g/mol. The minimum Gasteiger partial charge on any atom is -0.283 e. The van der Waals surface area contributed by atoms with Crippen molar-refractivity contribution >= 4 is 16.8 Å². The van der Waals surface area contributed by atoms with Crippen LogP contribution >= 0.6 is 11.8 Å². The first kappa shape index (κ1) is 8.02. The van der Waals surface area contributed by atoms with Gasteiger partial charge < -0.3 is 0 Å². The molecule has 0 saturated heterocycles. The molecule has 0 saturated carbocycles. The van der Waals surface area contributed by atoms with E-state index in [1.54, 1.807) is 11.8 Å². The van der Waals surface area contributed by atoms with Gasteiger partial charge in [0.1, 0.15) is 0 Å². The van der Waals surface area contributed by atoms with Gasteiger partial charge in [-0.1, -0.05) is 6.92 Å². The van der Waals surface area contributed by atoms with E-state index >= 15 is 0 Å². The van der Waals surface area contributed by atoms with Crippen LogP contribution in [0.3, 0.4) is 0 Å². The number of hydrogen-bond acceptors (Lipinski definition) is 2. The van der Waals surface area contributed by atoms with Crippen LogP contribution in [-0.4, -0.2) is 17.8 Å². The fourth-order valence-corrected chi connectivity index (χ4v) is 1.04. The fourth-order valence-electron chi connectivity index (χ4n) is 0.497. The van der Waals surface area contributed by atoms with Gasteiger partial charge in [0, 0.05) is 6.54 Å². The van der Waals surface area contributed by atoms with E-state index < -0.39 is 0 Å². The van der Waals surface area contributed by atoms with Crippen molar-refractivity contribution in [1.29, 1.82) is 0 Å². The van der Waals surface area contributed by atoms with Crippen molar-refractivity contribution in [3.63, 3.8) is 0 Å². The summed E-state index contributed by atoms with van der Waals surface area (Å²) in [6.45, 7) is 5.11. The molecule has 0 N–H and O–H groups in total. The SMILES string of the molecule is CC/N=C(/CC)SC. The summed E-state index contributed by atoms with van der Waals surface area (Å²) in [5.41, 5.74) is 0. The number of hydrogen-bond donors (Lipinski definition) is 0. The first-order valence-electron chi connectivity index (χ1n) is 2.92. The third-order valence-corrected chi connectivity index (χ3v) is 1.76. The molecular formula is C6H13NS. The maximum atomic E-state index is 4.24. The smallest absolute Gasteiger partial charge is 0.0670 e. The highest BCUT2D eigenvalue weighted by molar-refractivity contribution is 8.13. The predicted molar refractivity (Wildman–Crippen MR) is 41.8 cm³/mol. The Hall–Kier alpha value is 0.0200. The van der Waals surface area contributed by atoms with Crippen LogP contribution in [0.1, 0.15) is 20.3 Å². The van der Waals surface area contributed by atoms with Crippen molar-refractivity contribution in [1.82, 2.24) is 0 Å². The van der Waals surface area contributed by atoms with Gasteiger partial charge in [-0.25, -0.2) is 0 Å². The number of rotatable bonds is 2. The molecule has 0 bridgehead atoms. The zero-order chi connectivity index (χ0) is 6.41. The molecule has 0 spiro atoms. The summed E-state index contributed by atoms with van der Waals surface area (Å²) in [6.07, 6.45) is 3.15. The Morgan fingerprint density at radius 3 is 2.25 bits per heavy atom. The lowest BCUT2D eigenvalue weighted by Gasteiger charge is -1.94. The molecule has 0 aliphatic carbocycles. The standard InChI is InChI=1S/C6H13NS/c1-4-6(8-3)7-5-2/h4-5H2,1-3H3/b7-6-. The molecule has 0 amide bonds. The van der Waals surface area contributed by atoms with Crippen molar-refractivity contribution in [2.75, 3.05) is 12.8 Å². The molecule has 0 unspecified atom stereocenters. The topological polar surface area (TPSA) is 12.4 Å². The maximum Gasteiger partial charge on any atom is 0.0670 e. The highest BCUT2D eigenvalue weighted by atomic mass is 32.2. The van der Waals surface area contributed by atoms with Crippen LogP contribution in [-0.2, 0) is 0 Å². The van der Waals surface area contributed by atoms with Gasteiger partial charge in [0.25, 0.3) is 0 Å². The average Bonchev–Trinajstić information content (AvgIpc) is 1.83. The Morgan fingerprint density at radius 2 is 2.12 bits per heavy atom. The minimum absolute atomic E-state index is 0.921. The third kappa shape index (κ3) is 3.08. The second-order valence-electron chi connectivity index (χ2n) is 1.43. The molecule has 0 aromatic heterocycles. The molecule has 1 nitrogen and oxygen atoms in total. The summed E-state index contributed by atoms with van der Waals surface area (Å²) >= 11 is 1.74. The van der Waals surface area contributed by atoms with Crippen LogP contribution in [0, 0.1) is 0 Å². The van der Waals surface area contributed by atoms with Gasteiger partial charge in [0.05, 0.1) is 5.04 Å². The predicted octanol–water partition coefficient (Wildman–Crippen LogP) is 2.18. The van der Waals surface area contributed by atoms with E-state index in [2.05, 4.69) is 25.1 Å². The molecule has 48 valence electrons. The molecular weight excluding hydrogens is 118 g/mol. The van der Waals surface area contributed by atoms with E-state index in [-0.39, 0.29) is 0 Å². The Kier molecular flexibility index (Phi) is 5.18. The third-order valence-electron chi connectivity index (χ3n) is 0.873. The zero-order valence-corrected chi connectivity index (χ0v) is 6.59. The van der Waals surface area contributed by atoms with E-state index in [4.69, 9.17) is 0 Å². The summed E-state index contributed by atoms with van der Waals surface area (Å²) in [5.74, 6) is 0. The largest absolute Gasteiger partial charge is 0.283 e. The lowest BCUT2D eigenvalue weighted by Crippen LogP contribution is -1.87. The molecule has 2 heteroatoms. The van der Waals surface area contributed by atoms with Crippen molar-refractivity contribution < 1.29 is 0 Å². The normalized spacial score (nSPS) is 12.1. The zero-order valence-electron chi connectivity index (χ0n) is 5.77. The first-order valence-corrected chi connectivity index (χ1v) is 4.14. The summed E-state index contributed by atoms with van der Waals surface area (Å²) in [7, 11) is 0. The Bertz CT molecular complexity index is 72.6. The quantitative estimate of drug-likeness (QED) is 0.413. The van der Waals surface area contributed by atoms with E-state index in [1.807, 2.05) is 0 Å². The molecule has 0 aromatic carbocycles. The van der Waals surface area contributed by atoms with E-state index in [9.17, 15) is 0 Å². The van der Waals surface area contributed by atoms with E-state index in [0.717, 1.165) is 13.0 Å². The van der Waals surface area contributed by atoms with Crippen LogP contribution in [0.2, 0.25) is 0 Å². The van der Waals surface area contributed by atoms with Gasteiger partial charge in [0.2, 0.25) is 0 Å². The second kappa shape index (κ2) is 5.16. The fraction of sp³-hybridized carbons (Fsp3) is 0.833. The highest BCUT2D eigenvalue weighted by Crippen LogP contribution is 2.01. The van der Waals surface area contributed by atoms with Gasteiger partial charge in [-0.05, 0) is 19.6 Å². The molecule has 8 heavy (non-hydrogen) atoms. The van der Waals surface area contributed by atoms with Gasteiger partial charge in [-0.2, -0.15) is 0 Å². The van der Waals surface area contributed by atoms with Crippen LogP contribution in [0.15, 0.2) is 4.99 Å². The lowest BCUT2D eigenvalue weighted by atomic mass is 10.5. The maximum absolute atomic E-state index is 4.24. The van der Waals surface area contributed by atoms with E-state index in [0.29, 0.717) is 0 Å². The van der Waals surface area contributed by atoms with Crippen molar-refractivity contribution in [2.24, 2.45) is 4.99 Å². The number of thioether (sulfide) groups is 1. The van der Waals surface area contributed by atoms with Gasteiger partial charge in [0.15, 0.2) is 0 Å². The van der Waals surface area contributed by atoms with Crippen LogP contribution < -0.4 is 0 Å². The highest BCUT2D eigenvalue weighted by Gasteiger charge is 1.87. The molecule has 0 aliphatic rings. The average molecular weight is 131 g/mol. The van der Waals surface area contributed by atoms with Gasteiger partial charge in [-0.3, -0.25) is 4.99 Å². The first-order chi connectivity index (χ1) is 3.85. The summed E-state index contributed by atoms with van der Waals surface area (Å²) in [5, 5.41) is 1.26. The van der Waals surface area contributed by atoms with Crippen molar-refractivity contribution in [3.8, 4) is 0 Å². The number of aliphatic imine (C=N–C) groups is 1. The molecule has 0 radical (unpaired) electrons. The molecule has 0 aliphatic heterocycles. The molecule has 0 heterocycles. The molecule has 0 fully saturated rings.